The van der Waals surface area contributed by atoms with Crippen LogP contribution in [-0.4, -0.2) is 62.1 Å². The van der Waals surface area contributed by atoms with Crippen LogP contribution in [0.25, 0.3) is 10.8 Å². The van der Waals surface area contributed by atoms with Crippen molar-refractivity contribution in [2.75, 3.05) is 6.61 Å². The molecular formula is C21H24N2O6S. The fourth-order valence-electron chi connectivity index (χ4n) is 4.12. The van der Waals surface area contributed by atoms with Gasteiger partial charge in [-0.2, -0.15) is 0 Å². The number of carboxylic acid groups (broad SMARTS) is 1. The maximum atomic E-state index is 13.2. The Bertz CT molecular complexity index is 1020. The van der Waals surface area contributed by atoms with E-state index in [1.165, 1.54) is 16.7 Å². The molecule has 2 fully saturated rings. The first kappa shape index (κ1) is 21.9. The lowest BCUT2D eigenvalue weighted by molar-refractivity contribution is -0.159. The molecule has 4 rings (SSSR count). The summed E-state index contributed by atoms with van der Waals surface area (Å²) in [4.78, 5) is 38.9. The third-order valence-corrected chi connectivity index (χ3v) is 6.95. The van der Waals surface area contributed by atoms with E-state index in [2.05, 4.69) is 5.32 Å². The van der Waals surface area contributed by atoms with Gasteiger partial charge in [0, 0.05) is 4.75 Å². The number of nitrogens with zero attached hydrogens (tertiary/aromatic N) is 1. The minimum absolute atomic E-state index is 0. The first-order valence-corrected chi connectivity index (χ1v) is 10.3. The number of thioether (sulfide) groups is 1. The van der Waals surface area contributed by atoms with Gasteiger partial charge in [0.2, 0.25) is 5.91 Å². The van der Waals surface area contributed by atoms with Crippen molar-refractivity contribution in [2.45, 2.75) is 43.0 Å². The minimum atomic E-state index is -1.03. The summed E-state index contributed by atoms with van der Waals surface area (Å²) >= 11 is 1.40. The predicted molar refractivity (Wildman–Crippen MR) is 114 cm³/mol. The highest BCUT2D eigenvalue weighted by molar-refractivity contribution is 8.01. The maximum Gasteiger partial charge on any atom is 0.327 e. The number of carbonyl (C=O) groups is 3. The van der Waals surface area contributed by atoms with Gasteiger partial charge in [-0.15, -0.1) is 11.8 Å². The standard InChI is InChI=1S/C21H22N2O5S.H2O/c1-4-28-13-10-9-11-7-5-6-8-12(11)14(13)17(24)22-15-18(25)23-16(20(26)27)21(2,3)29-19(15)23;/h5-10,15-16,19H,4H2,1-3H3,(H,22,24)(H,26,27);1H2/t15-,16+,19-;/m1./s1. The van der Waals surface area contributed by atoms with Gasteiger partial charge in [0.15, 0.2) is 0 Å². The molecule has 2 aromatic carbocycles. The van der Waals surface area contributed by atoms with Crippen molar-refractivity contribution in [3.63, 3.8) is 0 Å². The minimum Gasteiger partial charge on any atom is -0.493 e. The van der Waals surface area contributed by atoms with Crippen LogP contribution >= 0.6 is 11.8 Å². The van der Waals surface area contributed by atoms with Crippen LogP contribution in [0, 0.1) is 0 Å². The van der Waals surface area contributed by atoms with E-state index >= 15 is 0 Å². The summed E-state index contributed by atoms with van der Waals surface area (Å²) < 4.78 is 5.02. The summed E-state index contributed by atoms with van der Waals surface area (Å²) in [5.74, 6) is -1.35. The first-order chi connectivity index (χ1) is 13.8. The number of carboxylic acids is 1. The monoisotopic (exact) mass is 432 g/mol. The highest BCUT2D eigenvalue weighted by atomic mass is 32.2. The predicted octanol–water partition coefficient (Wildman–Crippen LogP) is 1.66. The molecule has 0 aromatic heterocycles. The number of hydrogen-bond donors (Lipinski definition) is 2. The van der Waals surface area contributed by atoms with Crippen molar-refractivity contribution in [1.29, 1.82) is 0 Å². The summed E-state index contributed by atoms with van der Waals surface area (Å²) in [7, 11) is 0. The molecule has 4 N–H and O–H groups in total. The number of nitrogens with one attached hydrogen (secondary N) is 1. The molecule has 9 heteroatoms. The third-order valence-electron chi connectivity index (χ3n) is 5.38. The van der Waals surface area contributed by atoms with Gasteiger partial charge in [0.25, 0.3) is 5.91 Å². The Hall–Kier alpha value is -2.78. The summed E-state index contributed by atoms with van der Waals surface area (Å²) in [6.07, 6.45) is 0. The molecule has 0 unspecified atom stereocenters. The number of aliphatic carboxylic acids is 1. The van der Waals surface area contributed by atoms with E-state index in [9.17, 15) is 19.5 Å². The topological polar surface area (TPSA) is 127 Å². The molecular weight excluding hydrogens is 408 g/mol. The molecule has 160 valence electrons. The molecule has 2 aliphatic heterocycles. The third kappa shape index (κ3) is 3.27. The lowest BCUT2D eigenvalue weighted by Gasteiger charge is -2.43. The second-order valence-electron chi connectivity index (χ2n) is 7.64. The summed E-state index contributed by atoms with van der Waals surface area (Å²) in [5.41, 5.74) is 0.383. The Morgan fingerprint density at radius 3 is 2.60 bits per heavy atom. The van der Waals surface area contributed by atoms with Gasteiger partial charge >= 0.3 is 5.97 Å². The highest BCUT2D eigenvalue weighted by Gasteiger charge is 2.64. The molecule has 0 bridgehead atoms. The lowest BCUT2D eigenvalue weighted by atomic mass is 9.95. The molecule has 0 spiro atoms. The molecule has 0 saturated carbocycles. The Morgan fingerprint density at radius 2 is 1.93 bits per heavy atom. The fourth-order valence-corrected chi connectivity index (χ4v) is 5.75. The van der Waals surface area contributed by atoms with Gasteiger partial charge in [-0.05, 0) is 37.6 Å². The second-order valence-corrected chi connectivity index (χ2v) is 9.41. The van der Waals surface area contributed by atoms with Crippen molar-refractivity contribution in [3.05, 3.63) is 42.0 Å². The second kappa shape index (κ2) is 7.81. The van der Waals surface area contributed by atoms with Crippen LogP contribution < -0.4 is 10.1 Å². The smallest absolute Gasteiger partial charge is 0.327 e. The van der Waals surface area contributed by atoms with Gasteiger partial charge in [-0.25, -0.2) is 4.79 Å². The largest absolute Gasteiger partial charge is 0.493 e. The number of fused-ring (bicyclic) bond motifs is 2. The number of carbonyl (C=O) groups excluding carboxylic acids is 2. The summed E-state index contributed by atoms with van der Waals surface area (Å²) in [5, 5.41) is 13.6. The number of amides is 2. The molecule has 2 aromatic rings. The van der Waals surface area contributed by atoms with Crippen LogP contribution in [0.4, 0.5) is 0 Å². The molecule has 30 heavy (non-hydrogen) atoms. The fraction of sp³-hybridized carbons (Fsp3) is 0.381. The van der Waals surface area contributed by atoms with E-state index in [4.69, 9.17) is 4.74 Å². The van der Waals surface area contributed by atoms with Crippen LogP contribution in [-0.2, 0) is 9.59 Å². The molecule has 2 amide bonds. The van der Waals surface area contributed by atoms with E-state index in [1.54, 1.807) is 19.9 Å². The highest BCUT2D eigenvalue weighted by Crippen LogP contribution is 2.50. The first-order valence-electron chi connectivity index (χ1n) is 9.44. The zero-order valence-electron chi connectivity index (χ0n) is 16.8. The van der Waals surface area contributed by atoms with Gasteiger partial charge in [-0.1, -0.05) is 30.3 Å². The van der Waals surface area contributed by atoms with Crippen LogP contribution in [0.5, 0.6) is 5.75 Å². The SMILES string of the molecule is CCOc1ccc2ccccc2c1C(=O)N[C@@H]1C(=O)N2[C@@H]1SC(C)(C)[C@@H]2C(=O)O.O. The quantitative estimate of drug-likeness (QED) is 0.692. The molecule has 0 aliphatic carbocycles. The number of rotatable bonds is 5. The van der Waals surface area contributed by atoms with E-state index in [0.29, 0.717) is 17.9 Å². The maximum absolute atomic E-state index is 13.2. The van der Waals surface area contributed by atoms with Crippen LogP contribution in [0.1, 0.15) is 31.1 Å². The van der Waals surface area contributed by atoms with Crippen molar-refractivity contribution in [1.82, 2.24) is 10.2 Å². The molecule has 2 saturated heterocycles. The van der Waals surface area contributed by atoms with Crippen molar-refractivity contribution in [2.24, 2.45) is 0 Å². The van der Waals surface area contributed by atoms with E-state index in [1.807, 2.05) is 37.3 Å². The van der Waals surface area contributed by atoms with E-state index in [0.717, 1.165) is 10.8 Å². The van der Waals surface area contributed by atoms with Crippen molar-refractivity contribution < 1.29 is 29.7 Å². The Balaban J connectivity index is 0.00000256. The van der Waals surface area contributed by atoms with Gasteiger partial charge in [0.05, 0.1) is 12.2 Å². The average Bonchev–Trinajstić information content (AvgIpc) is 2.94. The average molecular weight is 432 g/mol. The molecule has 0 radical (unpaired) electrons. The number of benzene rings is 2. The number of ether oxygens (including phenoxy) is 1. The Labute approximate surface area is 177 Å². The Morgan fingerprint density at radius 1 is 1.23 bits per heavy atom. The van der Waals surface area contributed by atoms with Crippen LogP contribution in [0.3, 0.4) is 0 Å². The zero-order chi connectivity index (χ0) is 20.9. The zero-order valence-corrected chi connectivity index (χ0v) is 17.7. The van der Waals surface area contributed by atoms with Crippen molar-refractivity contribution in [3.8, 4) is 5.75 Å². The van der Waals surface area contributed by atoms with Crippen LogP contribution in [0.2, 0.25) is 0 Å². The van der Waals surface area contributed by atoms with Crippen LogP contribution in [0.15, 0.2) is 36.4 Å². The normalized spacial score (nSPS) is 23.9. The summed E-state index contributed by atoms with van der Waals surface area (Å²) in [6, 6.07) is 9.46. The molecule has 3 atom stereocenters. The van der Waals surface area contributed by atoms with Crippen molar-refractivity contribution >= 4 is 40.3 Å². The van der Waals surface area contributed by atoms with E-state index in [-0.39, 0.29) is 11.4 Å². The van der Waals surface area contributed by atoms with Gasteiger partial charge in [0.1, 0.15) is 23.2 Å². The molecule has 2 heterocycles. The lowest BCUT2D eigenvalue weighted by Crippen LogP contribution is -2.70. The van der Waals surface area contributed by atoms with E-state index < -0.39 is 34.1 Å². The van der Waals surface area contributed by atoms with Gasteiger partial charge in [-0.3, -0.25) is 9.59 Å². The number of β-lactam (4-membered cyclic amide) rings is 1. The molecule has 2 aliphatic rings. The summed E-state index contributed by atoms with van der Waals surface area (Å²) in [6.45, 7) is 5.85. The van der Waals surface area contributed by atoms with Gasteiger partial charge < -0.3 is 25.5 Å². The molecule has 8 nitrogen and oxygen atoms in total. The Kier molecular flexibility index (Phi) is 5.70. The number of hydrogen-bond acceptors (Lipinski definition) is 5.